The van der Waals surface area contributed by atoms with Crippen LogP contribution in [0.15, 0.2) is 42.7 Å². The highest BCUT2D eigenvalue weighted by Crippen LogP contribution is 2.28. The number of aromatic carboxylic acids is 1. The van der Waals surface area contributed by atoms with Crippen LogP contribution in [-0.2, 0) is 4.79 Å². The van der Waals surface area contributed by atoms with Gasteiger partial charge < -0.3 is 19.9 Å². The number of carboxylic acids is 1. The van der Waals surface area contributed by atoms with Gasteiger partial charge in [0.2, 0.25) is 5.91 Å². The van der Waals surface area contributed by atoms with E-state index in [-0.39, 0.29) is 11.3 Å². The van der Waals surface area contributed by atoms with Crippen LogP contribution in [0.5, 0.6) is 11.5 Å². The lowest BCUT2D eigenvalue weighted by atomic mass is 10.2. The summed E-state index contributed by atoms with van der Waals surface area (Å²) in [6, 6.07) is 6.63. The van der Waals surface area contributed by atoms with Crippen LogP contribution in [0.2, 0.25) is 0 Å². The second kappa shape index (κ2) is 7.77. The van der Waals surface area contributed by atoms with Gasteiger partial charge in [0, 0.05) is 18.5 Å². The molecule has 7 heteroatoms. The van der Waals surface area contributed by atoms with Crippen molar-refractivity contribution >= 4 is 23.6 Å². The molecule has 124 valence electrons. The van der Waals surface area contributed by atoms with Gasteiger partial charge in [0.15, 0.2) is 11.5 Å². The Hall–Kier alpha value is -3.35. The van der Waals surface area contributed by atoms with Crippen LogP contribution < -0.4 is 14.8 Å². The number of carbonyl (C=O) groups is 2. The van der Waals surface area contributed by atoms with Crippen LogP contribution >= 0.6 is 0 Å². The van der Waals surface area contributed by atoms with Gasteiger partial charge in [-0.1, -0.05) is 6.07 Å². The lowest BCUT2D eigenvalue weighted by Gasteiger charge is -2.08. The number of pyridine rings is 1. The number of carboxylic acid groups (broad SMARTS) is 1. The fourth-order valence-electron chi connectivity index (χ4n) is 1.98. The van der Waals surface area contributed by atoms with Gasteiger partial charge in [-0.15, -0.1) is 0 Å². The van der Waals surface area contributed by atoms with Crippen LogP contribution in [0.3, 0.4) is 0 Å². The van der Waals surface area contributed by atoms with E-state index in [2.05, 4.69) is 10.3 Å². The van der Waals surface area contributed by atoms with Crippen molar-refractivity contribution < 1.29 is 24.2 Å². The van der Waals surface area contributed by atoms with Gasteiger partial charge in [0.25, 0.3) is 0 Å². The van der Waals surface area contributed by atoms with E-state index >= 15 is 0 Å². The molecule has 0 bridgehead atoms. The summed E-state index contributed by atoms with van der Waals surface area (Å²) >= 11 is 0. The van der Waals surface area contributed by atoms with Gasteiger partial charge in [0.1, 0.15) is 5.56 Å². The maximum atomic E-state index is 12.0. The lowest BCUT2D eigenvalue weighted by molar-refractivity contribution is -0.111. The van der Waals surface area contributed by atoms with Crippen molar-refractivity contribution in [3.63, 3.8) is 0 Å². The van der Waals surface area contributed by atoms with E-state index < -0.39 is 11.9 Å². The highest BCUT2D eigenvalue weighted by molar-refractivity contribution is 6.05. The van der Waals surface area contributed by atoms with Crippen molar-refractivity contribution in [3.05, 3.63) is 53.9 Å². The quantitative estimate of drug-likeness (QED) is 0.791. The SMILES string of the molecule is COc1ccc(/C=C/C(=O)Nc2ccncc2C(=O)O)cc1OC. The predicted octanol–water partition coefficient (Wildman–Crippen LogP) is 2.45. The third-order valence-electron chi connectivity index (χ3n) is 3.14. The van der Waals surface area contributed by atoms with Crippen molar-refractivity contribution in [1.29, 1.82) is 0 Å². The number of aromatic nitrogens is 1. The summed E-state index contributed by atoms with van der Waals surface area (Å²) in [5.74, 6) is -0.495. The van der Waals surface area contributed by atoms with Crippen molar-refractivity contribution in [2.45, 2.75) is 0 Å². The van der Waals surface area contributed by atoms with Gasteiger partial charge in [-0.2, -0.15) is 0 Å². The third-order valence-corrected chi connectivity index (χ3v) is 3.14. The summed E-state index contributed by atoms with van der Waals surface area (Å²) in [5.41, 5.74) is 0.834. The maximum Gasteiger partial charge on any atom is 0.339 e. The molecule has 0 saturated heterocycles. The van der Waals surface area contributed by atoms with Gasteiger partial charge >= 0.3 is 5.97 Å². The number of hydrogen-bond donors (Lipinski definition) is 2. The van der Waals surface area contributed by atoms with Crippen molar-refractivity contribution in [3.8, 4) is 11.5 Å². The molecule has 0 atom stereocenters. The zero-order chi connectivity index (χ0) is 17.5. The zero-order valence-corrected chi connectivity index (χ0v) is 13.1. The van der Waals surface area contributed by atoms with E-state index in [1.165, 1.54) is 38.8 Å². The van der Waals surface area contributed by atoms with Crippen LogP contribution in [0.25, 0.3) is 6.08 Å². The molecular formula is C17H16N2O5. The van der Waals surface area contributed by atoms with Crippen molar-refractivity contribution in [2.75, 3.05) is 19.5 Å². The summed E-state index contributed by atoms with van der Waals surface area (Å²) in [4.78, 5) is 26.8. The molecule has 1 amide bonds. The molecule has 0 spiro atoms. The average molecular weight is 328 g/mol. The zero-order valence-electron chi connectivity index (χ0n) is 13.1. The Morgan fingerprint density at radius 2 is 1.92 bits per heavy atom. The number of benzene rings is 1. The number of hydrogen-bond acceptors (Lipinski definition) is 5. The normalized spacial score (nSPS) is 10.4. The van der Waals surface area contributed by atoms with E-state index in [1.807, 2.05) is 0 Å². The van der Waals surface area contributed by atoms with E-state index in [0.717, 1.165) is 5.56 Å². The molecule has 2 aromatic rings. The first-order valence-electron chi connectivity index (χ1n) is 6.93. The fraction of sp³-hybridized carbons (Fsp3) is 0.118. The topological polar surface area (TPSA) is 97.8 Å². The van der Waals surface area contributed by atoms with Gasteiger partial charge in [-0.05, 0) is 29.8 Å². The Balaban J connectivity index is 2.13. The van der Waals surface area contributed by atoms with Crippen LogP contribution in [-0.4, -0.2) is 36.2 Å². The first-order valence-corrected chi connectivity index (χ1v) is 6.93. The Labute approximate surface area is 138 Å². The monoisotopic (exact) mass is 328 g/mol. The number of methoxy groups -OCH3 is 2. The molecule has 0 fully saturated rings. The molecule has 0 aliphatic rings. The first-order chi connectivity index (χ1) is 11.5. The van der Waals surface area contributed by atoms with E-state index in [0.29, 0.717) is 11.5 Å². The summed E-state index contributed by atoms with van der Waals surface area (Å²) in [5, 5.41) is 11.6. The fourth-order valence-corrected chi connectivity index (χ4v) is 1.98. The predicted molar refractivity (Wildman–Crippen MR) is 88.4 cm³/mol. The van der Waals surface area contributed by atoms with E-state index in [1.54, 1.807) is 24.3 Å². The molecule has 0 radical (unpaired) electrons. The minimum absolute atomic E-state index is 0.0784. The van der Waals surface area contributed by atoms with Crippen LogP contribution in [0, 0.1) is 0 Å². The molecule has 0 unspecified atom stereocenters. The van der Waals surface area contributed by atoms with E-state index in [4.69, 9.17) is 14.6 Å². The first kappa shape index (κ1) is 17.0. The second-order valence-corrected chi connectivity index (χ2v) is 4.66. The number of ether oxygens (including phenoxy) is 2. The van der Waals surface area contributed by atoms with E-state index in [9.17, 15) is 9.59 Å². The lowest BCUT2D eigenvalue weighted by Crippen LogP contribution is -2.12. The van der Waals surface area contributed by atoms with Crippen LogP contribution in [0.1, 0.15) is 15.9 Å². The number of amides is 1. The summed E-state index contributed by atoms with van der Waals surface area (Å²) < 4.78 is 10.3. The smallest absolute Gasteiger partial charge is 0.339 e. The molecule has 0 aliphatic heterocycles. The Bertz CT molecular complexity index is 786. The summed E-state index contributed by atoms with van der Waals surface area (Å²) in [7, 11) is 3.06. The number of anilines is 1. The largest absolute Gasteiger partial charge is 0.493 e. The summed E-state index contributed by atoms with van der Waals surface area (Å²) in [6.07, 6.45) is 5.46. The number of nitrogens with one attached hydrogen (secondary N) is 1. The van der Waals surface area contributed by atoms with Gasteiger partial charge in [0.05, 0.1) is 19.9 Å². The van der Waals surface area contributed by atoms with Gasteiger partial charge in [-0.3, -0.25) is 9.78 Å². The van der Waals surface area contributed by atoms with Crippen LogP contribution in [0.4, 0.5) is 5.69 Å². The Kier molecular flexibility index (Phi) is 5.51. The molecule has 1 aromatic heterocycles. The number of carbonyl (C=O) groups excluding carboxylic acids is 1. The molecule has 1 heterocycles. The Morgan fingerprint density at radius 1 is 1.17 bits per heavy atom. The highest BCUT2D eigenvalue weighted by atomic mass is 16.5. The molecule has 1 aromatic carbocycles. The average Bonchev–Trinajstić information content (AvgIpc) is 2.59. The molecule has 7 nitrogen and oxygen atoms in total. The van der Waals surface area contributed by atoms with Crippen molar-refractivity contribution in [1.82, 2.24) is 4.98 Å². The maximum absolute atomic E-state index is 12.0. The Morgan fingerprint density at radius 3 is 2.58 bits per heavy atom. The molecule has 0 aliphatic carbocycles. The second-order valence-electron chi connectivity index (χ2n) is 4.66. The number of rotatable bonds is 6. The third kappa shape index (κ3) is 4.10. The van der Waals surface area contributed by atoms with Gasteiger partial charge in [-0.25, -0.2) is 4.79 Å². The highest BCUT2D eigenvalue weighted by Gasteiger charge is 2.11. The minimum atomic E-state index is -1.16. The molecule has 24 heavy (non-hydrogen) atoms. The molecular weight excluding hydrogens is 312 g/mol. The summed E-state index contributed by atoms with van der Waals surface area (Å²) in [6.45, 7) is 0. The molecule has 2 N–H and O–H groups in total. The standard InChI is InChI=1S/C17H16N2O5/c1-23-14-5-3-11(9-15(14)24-2)4-6-16(20)19-13-7-8-18-10-12(13)17(21)22/h3-10H,1-2H3,(H,21,22)(H,18,19,20)/b6-4+. The number of nitrogens with zero attached hydrogens (tertiary/aromatic N) is 1. The minimum Gasteiger partial charge on any atom is -0.493 e. The van der Waals surface area contributed by atoms with Crippen molar-refractivity contribution in [2.24, 2.45) is 0 Å². The molecule has 0 saturated carbocycles. The molecule has 2 rings (SSSR count).